The monoisotopic (exact) mass is 993 g/mol. The van der Waals surface area contributed by atoms with E-state index in [1.54, 1.807) is 41.3 Å². The van der Waals surface area contributed by atoms with E-state index >= 15 is 0 Å². The smallest absolute Gasteiger partial charge is 0.390 e. The van der Waals surface area contributed by atoms with Crippen molar-refractivity contribution in [2.75, 3.05) is 31.3 Å². The largest absolute Gasteiger partial charge is 0.494 e. The van der Waals surface area contributed by atoms with E-state index in [-0.39, 0.29) is 11.3 Å². The van der Waals surface area contributed by atoms with Gasteiger partial charge >= 0.3 is 11.5 Å². The second kappa shape index (κ2) is 23.1. The van der Waals surface area contributed by atoms with Crippen LogP contribution in [0.1, 0.15) is 95.8 Å². The highest BCUT2D eigenvalue weighted by Gasteiger charge is 2.69. The predicted molar refractivity (Wildman–Crippen MR) is 294 cm³/mol. The number of nitrogens with zero attached hydrogens (tertiary/aromatic N) is 4. The summed E-state index contributed by atoms with van der Waals surface area (Å²) in [6, 6.07) is 32.1. The minimum Gasteiger partial charge on any atom is -0.494 e. The summed E-state index contributed by atoms with van der Waals surface area (Å²) in [6.45, 7) is 10.5. The van der Waals surface area contributed by atoms with E-state index in [4.69, 9.17) is 28.9 Å². The van der Waals surface area contributed by atoms with Gasteiger partial charge in [-0.1, -0.05) is 89.8 Å². The van der Waals surface area contributed by atoms with Gasteiger partial charge in [0.15, 0.2) is 0 Å². The van der Waals surface area contributed by atoms with E-state index in [0.29, 0.717) is 94.5 Å². The molecule has 13 nitrogen and oxygen atoms in total. The van der Waals surface area contributed by atoms with Gasteiger partial charge in [0.25, 0.3) is 0 Å². The Kier molecular flexibility index (Phi) is 15.9. The van der Waals surface area contributed by atoms with Gasteiger partial charge in [-0.05, 0) is 152 Å². The number of aliphatic carboxylic acids is 1. The molecule has 0 radical (unpaired) electrons. The van der Waals surface area contributed by atoms with Crippen LogP contribution in [-0.4, -0.2) is 70.4 Å². The van der Waals surface area contributed by atoms with Crippen molar-refractivity contribution < 1.29 is 33.8 Å². The summed E-state index contributed by atoms with van der Waals surface area (Å²) in [5, 5.41) is 28.2. The standard InChI is InChI=1S/C61H63N5O8/c1-5-9-33-71-50-25-13-41(14-26-50)54-39-48-38-46-20-19-44(62-46)37-45-21-22-47(63-45)40-55-61(60(67)68,66(69)70)57(43-17-29-52(30-18-43)73-35-11-7-3)59(65(55)49-23-31-53(32-24-49)74-36-12-8-4)56(58(54)64-48)42-15-27-51(28-16-42)72-34-10-6-2/h13-32,37-40,55,62H,5-12,33-36H2,1-4H3,(H,67,68)/b44-37-,46-38-,47-40-,58-56-. The predicted octanol–water partition coefficient (Wildman–Crippen LogP) is 11.5. The molecule has 2 N–H and O–H groups in total. The lowest BCUT2D eigenvalue weighted by atomic mass is 9.79. The maximum Gasteiger partial charge on any atom is 0.390 e. The van der Waals surface area contributed by atoms with Crippen molar-refractivity contribution in [3.63, 3.8) is 0 Å². The molecule has 380 valence electrons. The fourth-order valence-corrected chi connectivity index (χ4v) is 9.53. The number of H-pyrrole nitrogens is 1. The Balaban J connectivity index is 1.43. The number of rotatable bonds is 22. The molecular formula is C61H63N5O8. The van der Waals surface area contributed by atoms with Gasteiger partial charge in [-0.3, -0.25) is 10.1 Å². The van der Waals surface area contributed by atoms with Gasteiger partial charge in [0.1, 0.15) is 29.0 Å². The summed E-state index contributed by atoms with van der Waals surface area (Å²) in [4.78, 5) is 44.5. The van der Waals surface area contributed by atoms with Gasteiger partial charge in [-0.2, -0.15) is 0 Å². The zero-order chi connectivity index (χ0) is 51.6. The fraction of sp³-hybridized carbons (Fsp3) is 0.295. The van der Waals surface area contributed by atoms with Crippen LogP contribution in [0.2, 0.25) is 0 Å². The third-order valence-corrected chi connectivity index (χ3v) is 13.4. The molecular weight excluding hydrogens is 931 g/mol. The average Bonchev–Trinajstić information content (AvgIpc) is 4.22. The Bertz CT molecular complexity index is 3200. The van der Waals surface area contributed by atoms with Crippen LogP contribution in [0, 0.1) is 10.1 Å². The molecule has 74 heavy (non-hydrogen) atoms. The number of carbonyl (C=O) groups is 1. The number of hydrogen-bond donors (Lipinski definition) is 2. The van der Waals surface area contributed by atoms with Crippen molar-refractivity contribution in [3.05, 3.63) is 188 Å². The molecule has 2 unspecified atom stereocenters. The molecule has 0 fully saturated rings. The maximum atomic E-state index is 14.8. The number of fused-ring (bicyclic) bond motifs is 6. The van der Waals surface area contributed by atoms with E-state index in [1.165, 1.54) is 0 Å². The van der Waals surface area contributed by atoms with Gasteiger partial charge in [-0.15, -0.1) is 0 Å². The van der Waals surface area contributed by atoms with Crippen molar-refractivity contribution in [1.82, 2.24) is 4.98 Å². The number of aromatic amines is 1. The summed E-state index contributed by atoms with van der Waals surface area (Å²) in [5.41, 5.74) is 2.74. The lowest BCUT2D eigenvalue weighted by Crippen LogP contribution is -2.57. The van der Waals surface area contributed by atoms with Crippen molar-refractivity contribution in [2.24, 2.45) is 9.98 Å². The molecule has 4 aromatic carbocycles. The second-order valence-corrected chi connectivity index (χ2v) is 18.7. The summed E-state index contributed by atoms with van der Waals surface area (Å²) < 4.78 is 24.6. The highest BCUT2D eigenvalue weighted by molar-refractivity contribution is 6.26. The molecule has 4 aliphatic heterocycles. The number of allylic oxidation sites excluding steroid dienone is 5. The first-order valence-corrected chi connectivity index (χ1v) is 25.9. The van der Waals surface area contributed by atoms with E-state index in [2.05, 4.69) is 32.7 Å². The third kappa shape index (κ3) is 10.6. The average molecular weight is 994 g/mol. The minimum atomic E-state index is -2.85. The number of anilines is 1. The highest BCUT2D eigenvalue weighted by atomic mass is 16.6. The van der Waals surface area contributed by atoms with E-state index in [9.17, 15) is 20.0 Å². The van der Waals surface area contributed by atoms with Crippen LogP contribution in [0.15, 0.2) is 161 Å². The first kappa shape index (κ1) is 50.7. The number of unbranched alkanes of at least 4 members (excludes halogenated alkanes) is 4. The Morgan fingerprint density at radius 2 is 1.09 bits per heavy atom. The molecule has 2 atom stereocenters. The van der Waals surface area contributed by atoms with Gasteiger partial charge < -0.3 is 33.9 Å². The highest BCUT2D eigenvalue weighted by Crippen LogP contribution is 2.55. The quantitative estimate of drug-likeness (QED) is 0.0391. The number of aliphatic imine (C=N–C) groups is 2. The van der Waals surface area contributed by atoms with Crippen molar-refractivity contribution in [1.29, 1.82) is 0 Å². The number of carboxylic acid groups (broad SMARTS) is 1. The van der Waals surface area contributed by atoms with E-state index in [0.717, 1.165) is 73.4 Å². The van der Waals surface area contributed by atoms with E-state index in [1.807, 2.05) is 109 Å². The van der Waals surface area contributed by atoms with Crippen molar-refractivity contribution in [3.8, 4) is 23.0 Å². The fourth-order valence-electron chi connectivity index (χ4n) is 9.53. The normalized spacial score (nSPS) is 20.4. The number of ether oxygens (including phenoxy) is 4. The minimum absolute atomic E-state index is 0.0479. The Morgan fingerprint density at radius 1 is 0.622 bits per heavy atom. The molecule has 0 amide bonds. The molecule has 9 rings (SSSR count). The number of nitro groups is 1. The molecule has 5 heterocycles. The SMILES string of the molecule is CCCCOc1ccc(C2=CC3=NC/2=C(/c2ccc(OCCCC)cc2)C2=C(c4ccc(OCCCC)cc4)C(C(=O)O)([N+](=O)[O-])C(/C=C4/C=CC(=N4)/C=c4/cc/c([nH]4)=C/3)N2c2ccc(OCCCC)cc2)cc1. The van der Waals surface area contributed by atoms with Crippen LogP contribution < -0.4 is 34.5 Å². The molecule has 13 heteroatoms. The Labute approximate surface area is 432 Å². The Hall–Kier alpha value is -8.19. The molecule has 0 saturated carbocycles. The number of nitrogens with one attached hydrogen (secondary N) is 1. The number of carboxylic acids is 1. The molecule has 0 spiro atoms. The first-order chi connectivity index (χ1) is 36.1. The zero-order valence-corrected chi connectivity index (χ0v) is 42.5. The maximum absolute atomic E-state index is 14.8. The molecule has 4 aliphatic rings. The summed E-state index contributed by atoms with van der Waals surface area (Å²) in [6.07, 6.45) is 18.3. The van der Waals surface area contributed by atoms with Crippen molar-refractivity contribution >= 4 is 52.0 Å². The van der Waals surface area contributed by atoms with Gasteiger partial charge in [-0.25, -0.2) is 14.8 Å². The summed E-state index contributed by atoms with van der Waals surface area (Å²) >= 11 is 0. The van der Waals surface area contributed by atoms with Crippen LogP contribution in [0.25, 0.3) is 28.9 Å². The first-order valence-electron chi connectivity index (χ1n) is 25.9. The summed E-state index contributed by atoms with van der Waals surface area (Å²) in [5.74, 6) is 0.863. The molecule has 0 aliphatic carbocycles. The molecule has 0 saturated heterocycles. The number of hydrogen-bond acceptors (Lipinski definition) is 10. The zero-order valence-electron chi connectivity index (χ0n) is 42.5. The lowest BCUT2D eigenvalue weighted by Gasteiger charge is -2.32. The van der Waals surface area contributed by atoms with Gasteiger partial charge in [0.05, 0.1) is 60.5 Å². The third-order valence-electron chi connectivity index (χ3n) is 13.4. The topological polar surface area (TPSA) is 161 Å². The van der Waals surface area contributed by atoms with Crippen LogP contribution in [-0.2, 0) is 4.79 Å². The van der Waals surface area contributed by atoms with Crippen LogP contribution >= 0.6 is 0 Å². The lowest BCUT2D eigenvalue weighted by molar-refractivity contribution is -0.537. The van der Waals surface area contributed by atoms with Crippen LogP contribution in [0.5, 0.6) is 23.0 Å². The number of benzene rings is 4. The van der Waals surface area contributed by atoms with Gasteiger partial charge in [0, 0.05) is 32.5 Å². The van der Waals surface area contributed by atoms with Gasteiger partial charge in [0.2, 0.25) is 0 Å². The number of aromatic nitrogens is 1. The van der Waals surface area contributed by atoms with Crippen LogP contribution in [0.4, 0.5) is 5.69 Å². The summed E-state index contributed by atoms with van der Waals surface area (Å²) in [7, 11) is 0. The van der Waals surface area contributed by atoms with Crippen molar-refractivity contribution in [2.45, 2.75) is 90.6 Å². The van der Waals surface area contributed by atoms with Crippen LogP contribution in [0.3, 0.4) is 0 Å². The molecule has 5 aromatic rings. The molecule has 8 bridgehead atoms. The molecule has 1 aromatic heterocycles. The van der Waals surface area contributed by atoms with E-state index < -0.39 is 22.5 Å². The second-order valence-electron chi connectivity index (χ2n) is 18.7. The Morgan fingerprint density at radius 3 is 1.58 bits per heavy atom.